The van der Waals surface area contributed by atoms with Crippen LogP contribution >= 0.6 is 0 Å². The van der Waals surface area contributed by atoms with Gasteiger partial charge in [-0.1, -0.05) is 20.8 Å². The van der Waals surface area contributed by atoms with Crippen molar-refractivity contribution in [1.82, 2.24) is 9.88 Å². The molecular weight excluding hydrogens is 224 g/mol. The van der Waals surface area contributed by atoms with Crippen LogP contribution in [-0.4, -0.2) is 17.7 Å². The Morgan fingerprint density at radius 3 is 2.83 bits per heavy atom. The summed E-state index contributed by atoms with van der Waals surface area (Å²) in [4.78, 5) is 0. The van der Waals surface area contributed by atoms with Gasteiger partial charge in [0.05, 0.1) is 6.61 Å². The van der Waals surface area contributed by atoms with E-state index in [1.165, 1.54) is 18.4 Å². The second-order valence-electron chi connectivity index (χ2n) is 5.68. The molecule has 0 saturated heterocycles. The average Bonchev–Trinajstić information content (AvgIpc) is 3.04. The van der Waals surface area contributed by atoms with Crippen LogP contribution in [0.25, 0.3) is 0 Å². The first-order valence-corrected chi connectivity index (χ1v) is 7.17. The molecule has 1 aromatic rings. The first kappa shape index (κ1) is 13.6. The fourth-order valence-electron chi connectivity index (χ4n) is 2.29. The molecule has 1 saturated carbocycles. The van der Waals surface area contributed by atoms with Crippen LogP contribution in [0, 0.1) is 11.8 Å². The van der Waals surface area contributed by atoms with Crippen molar-refractivity contribution in [2.45, 2.75) is 46.4 Å². The Balaban J connectivity index is 1.86. The molecule has 102 valence electrons. The van der Waals surface area contributed by atoms with Crippen LogP contribution in [0.15, 0.2) is 18.5 Å². The van der Waals surface area contributed by atoms with Gasteiger partial charge < -0.3 is 14.6 Å². The van der Waals surface area contributed by atoms with Gasteiger partial charge in [0.25, 0.3) is 0 Å². The van der Waals surface area contributed by atoms with E-state index in [1.54, 1.807) is 0 Å². The third-order valence-corrected chi connectivity index (χ3v) is 3.51. The van der Waals surface area contributed by atoms with Gasteiger partial charge in [0.2, 0.25) is 0 Å². The van der Waals surface area contributed by atoms with Gasteiger partial charge in [-0.3, -0.25) is 0 Å². The summed E-state index contributed by atoms with van der Waals surface area (Å²) in [6.45, 7) is 9.29. The molecule has 1 fully saturated rings. The van der Waals surface area contributed by atoms with Crippen LogP contribution in [0.4, 0.5) is 0 Å². The molecule has 0 spiro atoms. The van der Waals surface area contributed by atoms with Crippen LogP contribution in [0.2, 0.25) is 0 Å². The summed E-state index contributed by atoms with van der Waals surface area (Å²) < 4.78 is 7.84. The van der Waals surface area contributed by atoms with Gasteiger partial charge in [-0.15, -0.1) is 0 Å². The van der Waals surface area contributed by atoms with Crippen molar-refractivity contribution in [2.75, 3.05) is 13.2 Å². The predicted octanol–water partition coefficient (Wildman–Crippen LogP) is 3.18. The van der Waals surface area contributed by atoms with Gasteiger partial charge in [0, 0.05) is 18.4 Å². The summed E-state index contributed by atoms with van der Waals surface area (Å²) in [6, 6.07) is 2.65. The smallest absolute Gasteiger partial charge is 0.122 e. The zero-order chi connectivity index (χ0) is 13.0. The zero-order valence-corrected chi connectivity index (χ0v) is 11.9. The lowest BCUT2D eigenvalue weighted by Crippen LogP contribution is -2.25. The summed E-state index contributed by atoms with van der Waals surface area (Å²) >= 11 is 0. The molecule has 1 N–H and O–H groups in total. The summed E-state index contributed by atoms with van der Waals surface area (Å²) in [5.41, 5.74) is 1.36. The van der Waals surface area contributed by atoms with Crippen LogP contribution in [0.3, 0.4) is 0 Å². The number of nitrogens with zero attached hydrogens (tertiary/aromatic N) is 1. The fraction of sp³-hybridized carbons (Fsp3) is 0.733. The highest BCUT2D eigenvalue weighted by molar-refractivity contribution is 5.16. The lowest BCUT2D eigenvalue weighted by Gasteiger charge is -2.20. The molecule has 1 aliphatic rings. The fourth-order valence-corrected chi connectivity index (χ4v) is 2.29. The lowest BCUT2D eigenvalue weighted by atomic mass is 9.98. The van der Waals surface area contributed by atoms with E-state index in [-0.39, 0.29) is 0 Å². The van der Waals surface area contributed by atoms with Crippen molar-refractivity contribution in [2.24, 2.45) is 11.8 Å². The molecule has 1 heterocycles. The number of ether oxygens (including phenoxy) is 1. The molecule has 3 heteroatoms. The second-order valence-corrected chi connectivity index (χ2v) is 5.68. The van der Waals surface area contributed by atoms with Gasteiger partial charge in [0.1, 0.15) is 6.73 Å². The molecule has 1 unspecified atom stereocenters. The number of hydrogen-bond donors (Lipinski definition) is 1. The third-order valence-electron chi connectivity index (χ3n) is 3.51. The maximum Gasteiger partial charge on any atom is 0.122 e. The quantitative estimate of drug-likeness (QED) is 0.767. The molecule has 0 aromatic carbocycles. The Bertz CT molecular complexity index is 355. The number of rotatable bonds is 8. The Kier molecular flexibility index (Phi) is 4.84. The van der Waals surface area contributed by atoms with E-state index in [0.717, 1.165) is 19.1 Å². The highest BCUT2D eigenvalue weighted by atomic mass is 16.5. The monoisotopic (exact) mass is 250 g/mol. The van der Waals surface area contributed by atoms with Gasteiger partial charge in [0.15, 0.2) is 0 Å². The summed E-state index contributed by atoms with van der Waals surface area (Å²) in [5, 5.41) is 3.54. The molecule has 0 radical (unpaired) electrons. The van der Waals surface area contributed by atoms with Gasteiger partial charge in [-0.05, 0) is 42.9 Å². The van der Waals surface area contributed by atoms with Crippen LogP contribution in [0.5, 0.6) is 0 Å². The Hall–Kier alpha value is -0.800. The van der Waals surface area contributed by atoms with E-state index in [1.807, 2.05) is 0 Å². The summed E-state index contributed by atoms with van der Waals surface area (Å²) in [5.74, 6) is 1.44. The van der Waals surface area contributed by atoms with E-state index in [4.69, 9.17) is 4.74 Å². The topological polar surface area (TPSA) is 26.2 Å². The predicted molar refractivity (Wildman–Crippen MR) is 74.4 cm³/mol. The van der Waals surface area contributed by atoms with Gasteiger partial charge in [-0.2, -0.15) is 0 Å². The van der Waals surface area contributed by atoms with Crippen LogP contribution in [0.1, 0.15) is 45.2 Å². The lowest BCUT2D eigenvalue weighted by molar-refractivity contribution is 0.0691. The maximum absolute atomic E-state index is 5.70. The van der Waals surface area contributed by atoms with Crippen molar-refractivity contribution in [1.29, 1.82) is 0 Å². The van der Waals surface area contributed by atoms with E-state index < -0.39 is 0 Å². The molecule has 0 amide bonds. The molecule has 18 heavy (non-hydrogen) atoms. The number of hydrogen-bond acceptors (Lipinski definition) is 2. The first-order chi connectivity index (χ1) is 8.70. The first-order valence-electron chi connectivity index (χ1n) is 7.17. The molecule has 0 bridgehead atoms. The van der Waals surface area contributed by atoms with Gasteiger partial charge >= 0.3 is 0 Å². The van der Waals surface area contributed by atoms with Crippen molar-refractivity contribution in [3.63, 3.8) is 0 Å². The minimum absolute atomic E-state index is 0.444. The minimum Gasteiger partial charge on any atom is -0.361 e. The highest BCUT2D eigenvalue weighted by Crippen LogP contribution is 2.29. The van der Waals surface area contributed by atoms with E-state index in [0.29, 0.717) is 18.7 Å². The molecule has 1 aliphatic carbocycles. The number of nitrogens with one attached hydrogen (secondary N) is 1. The number of aromatic nitrogens is 1. The minimum atomic E-state index is 0.444. The molecular formula is C15H26N2O. The summed E-state index contributed by atoms with van der Waals surface area (Å²) in [6.07, 6.45) is 7.04. The van der Waals surface area contributed by atoms with Crippen molar-refractivity contribution in [3.8, 4) is 0 Å². The van der Waals surface area contributed by atoms with E-state index in [2.05, 4.69) is 49.1 Å². The van der Waals surface area contributed by atoms with Crippen LogP contribution < -0.4 is 5.32 Å². The molecule has 1 aromatic heterocycles. The highest BCUT2D eigenvalue weighted by Gasteiger charge is 2.21. The van der Waals surface area contributed by atoms with Gasteiger partial charge in [-0.25, -0.2) is 0 Å². The van der Waals surface area contributed by atoms with Crippen LogP contribution in [-0.2, 0) is 11.5 Å². The summed E-state index contributed by atoms with van der Waals surface area (Å²) in [7, 11) is 0. The average molecular weight is 250 g/mol. The SMILES string of the molecule is CCNC(c1ccn(COCC2CC2)c1)C(C)C. The van der Waals surface area contributed by atoms with Crippen molar-refractivity contribution in [3.05, 3.63) is 24.0 Å². The zero-order valence-electron chi connectivity index (χ0n) is 11.9. The molecule has 2 rings (SSSR count). The normalized spacial score (nSPS) is 17.3. The Labute approximate surface area is 111 Å². The van der Waals surface area contributed by atoms with Crippen molar-refractivity contribution < 1.29 is 4.74 Å². The third kappa shape index (κ3) is 3.85. The van der Waals surface area contributed by atoms with E-state index in [9.17, 15) is 0 Å². The Morgan fingerprint density at radius 2 is 2.22 bits per heavy atom. The molecule has 1 atom stereocenters. The molecule has 0 aliphatic heterocycles. The molecule has 3 nitrogen and oxygen atoms in total. The van der Waals surface area contributed by atoms with E-state index >= 15 is 0 Å². The Morgan fingerprint density at radius 1 is 1.44 bits per heavy atom. The largest absolute Gasteiger partial charge is 0.361 e. The second kappa shape index (κ2) is 6.39. The van der Waals surface area contributed by atoms with Crippen molar-refractivity contribution >= 4 is 0 Å². The standard InChI is InChI=1S/C15H26N2O/c1-4-16-15(12(2)3)14-7-8-17(9-14)11-18-10-13-5-6-13/h7-9,12-13,15-16H,4-6,10-11H2,1-3H3. The maximum atomic E-state index is 5.70.